The highest BCUT2D eigenvalue weighted by atomic mass is 16.2. The lowest BCUT2D eigenvalue weighted by Crippen LogP contribution is -2.37. The van der Waals surface area contributed by atoms with Crippen LogP contribution in [0, 0.1) is 20.8 Å². The highest BCUT2D eigenvalue weighted by Crippen LogP contribution is 2.22. The normalized spacial score (nSPS) is 12.2. The molecule has 0 saturated heterocycles. The summed E-state index contributed by atoms with van der Waals surface area (Å²) in [7, 11) is 5.46. The van der Waals surface area contributed by atoms with Crippen LogP contribution < -0.4 is 5.32 Å². The molecule has 0 bridgehead atoms. The zero-order chi connectivity index (χ0) is 20.4. The van der Waals surface area contributed by atoms with Crippen LogP contribution >= 0.6 is 0 Å². The number of nitrogens with one attached hydrogen (secondary N) is 1. The quantitative estimate of drug-likeness (QED) is 0.713. The van der Waals surface area contributed by atoms with Crippen LogP contribution in [0.15, 0.2) is 36.7 Å². The summed E-state index contributed by atoms with van der Waals surface area (Å²) in [6, 6.07) is 7.75. The molecule has 0 saturated carbocycles. The topological polar surface area (TPSA) is 68.0 Å². The number of rotatable bonds is 6. The van der Waals surface area contributed by atoms with Crippen LogP contribution in [0.3, 0.4) is 0 Å². The fourth-order valence-corrected chi connectivity index (χ4v) is 3.50. The van der Waals surface area contributed by atoms with Gasteiger partial charge in [0, 0.05) is 43.7 Å². The van der Waals surface area contributed by atoms with Crippen molar-refractivity contribution in [2.75, 3.05) is 14.1 Å². The molecule has 1 atom stereocenters. The lowest BCUT2D eigenvalue weighted by Gasteiger charge is -2.23. The van der Waals surface area contributed by atoms with Crippen LogP contribution in [0.25, 0.3) is 5.69 Å². The number of benzene rings is 1. The highest BCUT2D eigenvalue weighted by molar-refractivity contribution is 5.83. The number of para-hydroxylation sites is 1. The van der Waals surface area contributed by atoms with Gasteiger partial charge in [-0.25, -0.2) is 4.68 Å². The second-order valence-corrected chi connectivity index (χ2v) is 7.21. The molecule has 0 spiro atoms. The number of amides is 1. The Hall–Kier alpha value is -2.93. The van der Waals surface area contributed by atoms with E-state index in [9.17, 15) is 4.79 Å². The van der Waals surface area contributed by atoms with E-state index < -0.39 is 6.04 Å². The van der Waals surface area contributed by atoms with Gasteiger partial charge in [0.05, 0.1) is 17.6 Å². The molecule has 7 nitrogen and oxygen atoms in total. The van der Waals surface area contributed by atoms with Gasteiger partial charge in [-0.3, -0.25) is 9.48 Å². The minimum atomic E-state index is -0.425. The Labute approximate surface area is 166 Å². The van der Waals surface area contributed by atoms with E-state index in [4.69, 9.17) is 5.10 Å². The Morgan fingerprint density at radius 2 is 1.96 bits per heavy atom. The summed E-state index contributed by atoms with van der Waals surface area (Å²) in [4.78, 5) is 14.8. The van der Waals surface area contributed by atoms with Crippen LogP contribution in [0.5, 0.6) is 0 Å². The fraction of sp³-hybridized carbons (Fsp3) is 0.381. The maximum Gasteiger partial charge on any atom is 0.244 e. The van der Waals surface area contributed by atoms with E-state index in [0.717, 1.165) is 33.8 Å². The van der Waals surface area contributed by atoms with Gasteiger partial charge in [-0.1, -0.05) is 18.2 Å². The molecule has 1 unspecified atom stereocenters. The van der Waals surface area contributed by atoms with Gasteiger partial charge >= 0.3 is 0 Å². The second kappa shape index (κ2) is 7.98. The number of aryl methyl sites for hydroxylation is 3. The van der Waals surface area contributed by atoms with Gasteiger partial charge in [0.25, 0.3) is 0 Å². The molecule has 1 amide bonds. The SMILES string of the molecule is CNC(C(=O)N(C)Cc1c(C)nn(-c2ccccc2C)c1C)c1cnn(C)c1. The van der Waals surface area contributed by atoms with Gasteiger partial charge in [-0.05, 0) is 39.4 Å². The van der Waals surface area contributed by atoms with Crippen LogP contribution in [0.2, 0.25) is 0 Å². The highest BCUT2D eigenvalue weighted by Gasteiger charge is 2.25. The molecule has 0 aliphatic heterocycles. The molecule has 0 aliphatic carbocycles. The number of likely N-dealkylation sites (N-methyl/N-ethyl adjacent to an activating group) is 2. The van der Waals surface area contributed by atoms with Gasteiger partial charge in [0.15, 0.2) is 0 Å². The molecule has 0 fully saturated rings. The molecule has 7 heteroatoms. The van der Waals surface area contributed by atoms with E-state index >= 15 is 0 Å². The lowest BCUT2D eigenvalue weighted by atomic mass is 10.1. The van der Waals surface area contributed by atoms with Crippen LogP contribution in [-0.4, -0.2) is 44.5 Å². The number of carbonyl (C=O) groups excluding carboxylic acids is 1. The summed E-state index contributed by atoms with van der Waals surface area (Å²) in [5, 5.41) is 12.0. The average molecular weight is 380 g/mol. The van der Waals surface area contributed by atoms with Gasteiger partial charge < -0.3 is 10.2 Å². The Morgan fingerprint density at radius 1 is 1.25 bits per heavy atom. The molecule has 1 aromatic carbocycles. The number of nitrogens with zero attached hydrogens (tertiary/aromatic N) is 5. The molecular weight excluding hydrogens is 352 g/mol. The lowest BCUT2D eigenvalue weighted by molar-refractivity contribution is -0.132. The van der Waals surface area contributed by atoms with Crippen LogP contribution in [0.1, 0.15) is 34.1 Å². The van der Waals surface area contributed by atoms with Gasteiger partial charge in [-0.2, -0.15) is 10.2 Å². The first kappa shape index (κ1) is 19.8. The molecule has 2 aromatic heterocycles. The van der Waals surface area contributed by atoms with E-state index in [1.807, 2.05) is 44.0 Å². The molecule has 0 radical (unpaired) electrons. The number of hydrogen-bond acceptors (Lipinski definition) is 4. The molecule has 148 valence electrons. The first-order chi connectivity index (χ1) is 13.3. The molecule has 2 heterocycles. The van der Waals surface area contributed by atoms with Crippen molar-refractivity contribution in [3.8, 4) is 5.69 Å². The van der Waals surface area contributed by atoms with Crippen molar-refractivity contribution in [3.63, 3.8) is 0 Å². The van der Waals surface area contributed by atoms with Crippen LogP contribution in [-0.2, 0) is 18.4 Å². The number of aromatic nitrogens is 4. The van der Waals surface area contributed by atoms with E-state index in [-0.39, 0.29) is 5.91 Å². The third-order valence-corrected chi connectivity index (χ3v) is 5.15. The predicted molar refractivity (Wildman–Crippen MR) is 109 cm³/mol. The summed E-state index contributed by atoms with van der Waals surface area (Å²) < 4.78 is 3.67. The molecule has 0 aliphatic rings. The van der Waals surface area contributed by atoms with E-state index in [0.29, 0.717) is 6.54 Å². The molecular formula is C21H28N6O. The Morgan fingerprint density at radius 3 is 2.57 bits per heavy atom. The summed E-state index contributed by atoms with van der Waals surface area (Å²) in [5.41, 5.74) is 6.13. The smallest absolute Gasteiger partial charge is 0.244 e. The standard InChI is InChI=1S/C21H28N6O/c1-14-9-7-8-10-19(14)27-16(3)18(15(2)24-27)13-25(5)21(28)20(22-4)17-11-23-26(6)12-17/h7-12,20,22H,13H2,1-6H3. The number of hydrogen-bond donors (Lipinski definition) is 1. The molecule has 3 rings (SSSR count). The molecule has 1 N–H and O–H groups in total. The van der Waals surface area contributed by atoms with Crippen molar-refractivity contribution < 1.29 is 4.79 Å². The van der Waals surface area contributed by atoms with Crippen molar-refractivity contribution in [2.45, 2.75) is 33.4 Å². The van der Waals surface area contributed by atoms with Gasteiger partial charge in [0.2, 0.25) is 5.91 Å². The monoisotopic (exact) mass is 380 g/mol. The van der Waals surface area contributed by atoms with Crippen molar-refractivity contribution in [2.24, 2.45) is 7.05 Å². The maximum absolute atomic E-state index is 13.0. The molecule has 28 heavy (non-hydrogen) atoms. The van der Waals surface area contributed by atoms with Gasteiger partial charge in [0.1, 0.15) is 6.04 Å². The first-order valence-corrected chi connectivity index (χ1v) is 9.35. The van der Waals surface area contributed by atoms with Gasteiger partial charge in [-0.15, -0.1) is 0 Å². The molecule has 3 aromatic rings. The van der Waals surface area contributed by atoms with Crippen molar-refractivity contribution in [1.82, 2.24) is 29.8 Å². The van der Waals surface area contributed by atoms with Crippen molar-refractivity contribution in [1.29, 1.82) is 0 Å². The summed E-state index contributed by atoms with van der Waals surface area (Å²) in [5.74, 6) is -0.00191. The summed E-state index contributed by atoms with van der Waals surface area (Å²) in [6.45, 7) is 6.62. The van der Waals surface area contributed by atoms with E-state index in [1.54, 1.807) is 22.8 Å². The Bertz CT molecular complexity index is 987. The van der Waals surface area contributed by atoms with Crippen LogP contribution in [0.4, 0.5) is 0 Å². The maximum atomic E-state index is 13.0. The fourth-order valence-electron chi connectivity index (χ4n) is 3.50. The van der Waals surface area contributed by atoms with Crippen molar-refractivity contribution in [3.05, 3.63) is 64.7 Å². The predicted octanol–water partition coefficient (Wildman–Crippen LogP) is 2.45. The summed E-state index contributed by atoms with van der Waals surface area (Å²) >= 11 is 0. The minimum Gasteiger partial charge on any atom is -0.340 e. The first-order valence-electron chi connectivity index (χ1n) is 9.35. The van der Waals surface area contributed by atoms with Crippen molar-refractivity contribution >= 4 is 5.91 Å². The largest absolute Gasteiger partial charge is 0.340 e. The average Bonchev–Trinajstić information content (AvgIpc) is 3.21. The Kier molecular flexibility index (Phi) is 5.65. The minimum absolute atomic E-state index is 0.00191. The zero-order valence-electron chi connectivity index (χ0n) is 17.4. The van der Waals surface area contributed by atoms with E-state index in [2.05, 4.69) is 36.4 Å². The third-order valence-electron chi connectivity index (χ3n) is 5.15. The van der Waals surface area contributed by atoms with E-state index in [1.165, 1.54) is 0 Å². The zero-order valence-corrected chi connectivity index (χ0v) is 17.4. The Balaban J connectivity index is 1.85. The summed E-state index contributed by atoms with van der Waals surface area (Å²) in [6.07, 6.45) is 3.58. The second-order valence-electron chi connectivity index (χ2n) is 7.21. The number of carbonyl (C=O) groups is 1. The third kappa shape index (κ3) is 3.71.